The summed E-state index contributed by atoms with van der Waals surface area (Å²) in [5.74, 6) is 1.69. The second-order valence-corrected chi connectivity index (χ2v) is 7.93. The largest absolute Gasteiger partial charge is 0.492 e. The van der Waals surface area contributed by atoms with Crippen molar-refractivity contribution in [3.8, 4) is 5.88 Å². The van der Waals surface area contributed by atoms with E-state index in [1.807, 2.05) is 13.0 Å². The molecule has 0 bridgehead atoms. The third kappa shape index (κ3) is 3.04. The first kappa shape index (κ1) is 16.5. The van der Waals surface area contributed by atoms with E-state index in [2.05, 4.69) is 46.2 Å². The van der Waals surface area contributed by atoms with E-state index in [1.165, 1.54) is 18.4 Å². The molecule has 6 heteroatoms. The van der Waals surface area contributed by atoms with Gasteiger partial charge in [0.2, 0.25) is 10.8 Å². The lowest BCUT2D eigenvalue weighted by Crippen LogP contribution is -2.37. The minimum absolute atomic E-state index is 0.0579. The molecule has 0 spiro atoms. The number of fused-ring (bicyclic) bond motifs is 1. The van der Waals surface area contributed by atoms with Crippen LogP contribution in [0.25, 0.3) is 4.96 Å². The Morgan fingerprint density at radius 2 is 2.12 bits per heavy atom. The Morgan fingerprint density at radius 3 is 2.80 bits per heavy atom. The van der Waals surface area contributed by atoms with Crippen molar-refractivity contribution < 1.29 is 5.11 Å². The van der Waals surface area contributed by atoms with Gasteiger partial charge in [0.25, 0.3) is 0 Å². The van der Waals surface area contributed by atoms with Crippen molar-refractivity contribution in [2.24, 2.45) is 5.92 Å². The Morgan fingerprint density at radius 1 is 1.32 bits per heavy atom. The number of nitrogens with zero attached hydrogens (tertiary/aromatic N) is 4. The molecule has 1 N–H and O–H groups in total. The van der Waals surface area contributed by atoms with Crippen molar-refractivity contribution in [1.82, 2.24) is 19.5 Å². The Kier molecular flexibility index (Phi) is 4.48. The Labute approximate surface area is 151 Å². The summed E-state index contributed by atoms with van der Waals surface area (Å²) in [6.07, 6.45) is 3.25. The van der Waals surface area contributed by atoms with Crippen LogP contribution in [0, 0.1) is 5.92 Å². The van der Waals surface area contributed by atoms with Gasteiger partial charge in [-0.05, 0) is 30.9 Å². The van der Waals surface area contributed by atoms with Crippen molar-refractivity contribution in [3.05, 3.63) is 46.6 Å². The van der Waals surface area contributed by atoms with Crippen LogP contribution in [0.2, 0.25) is 0 Å². The zero-order chi connectivity index (χ0) is 17.4. The van der Waals surface area contributed by atoms with Gasteiger partial charge in [0.15, 0.2) is 5.82 Å². The van der Waals surface area contributed by atoms with Crippen molar-refractivity contribution in [2.75, 3.05) is 13.1 Å². The summed E-state index contributed by atoms with van der Waals surface area (Å²) in [5.41, 5.74) is 1.21. The topological polar surface area (TPSA) is 53.7 Å². The van der Waals surface area contributed by atoms with Gasteiger partial charge in [0, 0.05) is 13.0 Å². The van der Waals surface area contributed by atoms with Crippen LogP contribution in [0.3, 0.4) is 0 Å². The molecule has 4 rings (SSSR count). The van der Waals surface area contributed by atoms with E-state index in [0.717, 1.165) is 35.2 Å². The third-order valence-electron chi connectivity index (χ3n) is 4.98. The molecular weight excluding hydrogens is 332 g/mol. The van der Waals surface area contributed by atoms with Gasteiger partial charge in [-0.3, -0.25) is 4.90 Å². The average molecular weight is 356 g/mol. The number of benzene rings is 1. The summed E-state index contributed by atoms with van der Waals surface area (Å²) in [6.45, 7) is 6.44. The molecule has 25 heavy (non-hydrogen) atoms. The summed E-state index contributed by atoms with van der Waals surface area (Å²) in [5, 5.41) is 15.3. The minimum atomic E-state index is 0.0579. The van der Waals surface area contributed by atoms with E-state index in [1.54, 1.807) is 15.9 Å². The van der Waals surface area contributed by atoms with E-state index in [-0.39, 0.29) is 11.9 Å². The van der Waals surface area contributed by atoms with E-state index < -0.39 is 0 Å². The van der Waals surface area contributed by atoms with Crippen molar-refractivity contribution >= 4 is 16.3 Å². The molecule has 2 atom stereocenters. The summed E-state index contributed by atoms with van der Waals surface area (Å²) in [6, 6.07) is 10.5. The summed E-state index contributed by atoms with van der Waals surface area (Å²) in [4.78, 5) is 8.75. The lowest BCUT2D eigenvalue weighted by molar-refractivity contribution is 0.149. The molecule has 132 valence electrons. The predicted octanol–water partition coefficient (Wildman–Crippen LogP) is 3.88. The van der Waals surface area contributed by atoms with Gasteiger partial charge < -0.3 is 5.11 Å². The number of likely N-dealkylation sites (tertiary alicyclic amines) is 1. The summed E-state index contributed by atoms with van der Waals surface area (Å²) >= 11 is 1.56. The fourth-order valence-electron chi connectivity index (χ4n) is 3.74. The van der Waals surface area contributed by atoms with Gasteiger partial charge in [-0.2, -0.15) is 4.52 Å². The smallest absolute Gasteiger partial charge is 0.230 e. The summed E-state index contributed by atoms with van der Waals surface area (Å²) < 4.78 is 1.60. The van der Waals surface area contributed by atoms with Crippen molar-refractivity contribution in [3.63, 3.8) is 0 Å². The standard InChI is InChI=1S/C19H24N4OS/c1-3-15-20-19-23(21-15)18(24)17(25-19)16(14-9-5-4-6-10-14)22-11-7-8-13(2)12-22/h4-6,9-10,13,16,24H,3,7-8,11-12H2,1-2H3/t13-,16-/m1/s1. The van der Waals surface area contributed by atoms with Crippen LogP contribution in [0.5, 0.6) is 5.88 Å². The highest BCUT2D eigenvalue weighted by atomic mass is 32.1. The molecule has 1 aromatic carbocycles. The number of hydrogen-bond acceptors (Lipinski definition) is 5. The predicted molar refractivity (Wildman–Crippen MR) is 100 cm³/mol. The van der Waals surface area contributed by atoms with Crippen LogP contribution in [-0.4, -0.2) is 37.7 Å². The molecule has 1 aliphatic heterocycles. The third-order valence-corrected chi connectivity index (χ3v) is 6.05. The van der Waals surface area contributed by atoms with Crippen LogP contribution in [0.1, 0.15) is 49.0 Å². The first-order valence-electron chi connectivity index (χ1n) is 9.03. The van der Waals surface area contributed by atoms with E-state index in [0.29, 0.717) is 5.92 Å². The lowest BCUT2D eigenvalue weighted by Gasteiger charge is -2.37. The molecule has 5 nitrogen and oxygen atoms in total. The highest BCUT2D eigenvalue weighted by molar-refractivity contribution is 7.17. The number of piperidine rings is 1. The van der Waals surface area contributed by atoms with Crippen LogP contribution < -0.4 is 0 Å². The molecule has 0 saturated carbocycles. The SMILES string of the molecule is CCc1nc2sc([C@@H](c3ccccc3)N3CCC[C@@H](C)C3)c(O)n2n1. The highest BCUT2D eigenvalue weighted by Crippen LogP contribution is 2.41. The zero-order valence-corrected chi connectivity index (χ0v) is 15.5. The van der Waals surface area contributed by atoms with Crippen LogP contribution in [0.4, 0.5) is 0 Å². The van der Waals surface area contributed by atoms with Crippen LogP contribution >= 0.6 is 11.3 Å². The maximum atomic E-state index is 10.9. The summed E-state index contributed by atoms with van der Waals surface area (Å²) in [7, 11) is 0. The first-order chi connectivity index (χ1) is 12.2. The molecule has 0 amide bonds. The second-order valence-electron chi connectivity index (χ2n) is 6.92. The molecule has 0 unspecified atom stereocenters. The number of hydrogen-bond donors (Lipinski definition) is 1. The Bertz CT molecular complexity index is 857. The van der Waals surface area contributed by atoms with Gasteiger partial charge in [-0.15, -0.1) is 5.10 Å². The normalized spacial score (nSPS) is 20.2. The van der Waals surface area contributed by atoms with Crippen molar-refractivity contribution in [1.29, 1.82) is 0 Å². The fraction of sp³-hybridized carbons (Fsp3) is 0.474. The van der Waals surface area contributed by atoms with Gasteiger partial charge >= 0.3 is 0 Å². The van der Waals surface area contributed by atoms with Gasteiger partial charge in [-0.25, -0.2) is 4.98 Å². The minimum Gasteiger partial charge on any atom is -0.492 e. The number of aryl methyl sites for hydroxylation is 1. The second kappa shape index (κ2) is 6.77. The number of rotatable bonds is 4. The average Bonchev–Trinajstić information content (AvgIpc) is 3.16. The number of thiazole rings is 1. The van der Waals surface area contributed by atoms with Crippen LogP contribution in [-0.2, 0) is 6.42 Å². The molecule has 3 aromatic rings. The van der Waals surface area contributed by atoms with E-state index in [9.17, 15) is 5.11 Å². The Balaban J connectivity index is 1.80. The maximum Gasteiger partial charge on any atom is 0.230 e. The zero-order valence-electron chi connectivity index (χ0n) is 14.7. The molecule has 1 aliphatic rings. The maximum absolute atomic E-state index is 10.9. The van der Waals surface area contributed by atoms with E-state index >= 15 is 0 Å². The van der Waals surface area contributed by atoms with Crippen molar-refractivity contribution in [2.45, 2.75) is 39.2 Å². The van der Waals surface area contributed by atoms with Gasteiger partial charge in [0.1, 0.15) is 0 Å². The molecule has 1 saturated heterocycles. The van der Waals surface area contributed by atoms with Crippen LogP contribution in [0.15, 0.2) is 30.3 Å². The lowest BCUT2D eigenvalue weighted by atomic mass is 9.95. The van der Waals surface area contributed by atoms with Gasteiger partial charge in [-0.1, -0.05) is 55.5 Å². The molecule has 0 aliphatic carbocycles. The quantitative estimate of drug-likeness (QED) is 0.771. The molecule has 0 radical (unpaired) electrons. The Hall–Kier alpha value is -1.92. The highest BCUT2D eigenvalue weighted by Gasteiger charge is 2.31. The van der Waals surface area contributed by atoms with Gasteiger partial charge in [0.05, 0.1) is 10.9 Å². The molecular formula is C19H24N4OS. The fourth-order valence-corrected chi connectivity index (χ4v) is 4.88. The molecule has 2 aromatic heterocycles. The van der Waals surface area contributed by atoms with E-state index in [4.69, 9.17) is 0 Å². The monoisotopic (exact) mass is 356 g/mol. The first-order valence-corrected chi connectivity index (χ1v) is 9.85. The number of aromatic hydroxyl groups is 1. The number of aromatic nitrogens is 3. The molecule has 3 heterocycles. The molecule has 1 fully saturated rings.